The molecule has 4 heterocycles. The predicted octanol–water partition coefficient (Wildman–Crippen LogP) is 16.4. The van der Waals surface area contributed by atoms with Crippen molar-refractivity contribution in [2.24, 2.45) is 0 Å². The molecule has 0 amide bonds. The van der Waals surface area contributed by atoms with Gasteiger partial charge >= 0.3 is 0 Å². The van der Waals surface area contributed by atoms with Crippen LogP contribution in [0.4, 0.5) is 0 Å². The van der Waals surface area contributed by atoms with E-state index in [9.17, 15) is 0 Å². The van der Waals surface area contributed by atoms with Crippen LogP contribution in [-0.2, 0) is 0 Å². The van der Waals surface area contributed by atoms with Crippen LogP contribution < -0.4 is 0 Å². The summed E-state index contributed by atoms with van der Waals surface area (Å²) in [4.78, 5) is 16.3. The van der Waals surface area contributed by atoms with Gasteiger partial charge in [0.2, 0.25) is 0 Å². The molecule has 69 heavy (non-hydrogen) atoms. The van der Waals surface area contributed by atoms with E-state index in [0.29, 0.717) is 17.5 Å². The quantitative estimate of drug-likeness (QED) is 0.173. The van der Waals surface area contributed by atoms with Gasteiger partial charge in [0.25, 0.3) is 0 Å². The molecule has 320 valence electrons. The summed E-state index contributed by atoms with van der Waals surface area (Å²) in [6, 6.07) is 79.8. The van der Waals surface area contributed by atoms with Gasteiger partial charge in [0.15, 0.2) is 17.5 Å². The van der Waals surface area contributed by atoms with Gasteiger partial charge in [-0.1, -0.05) is 146 Å². The van der Waals surface area contributed by atoms with Gasteiger partial charge in [-0.25, -0.2) is 15.0 Å². The Morgan fingerprint density at radius 1 is 0.304 bits per heavy atom. The zero-order chi connectivity index (χ0) is 45.2. The van der Waals surface area contributed by atoms with Crippen molar-refractivity contribution >= 4 is 97.9 Å². The number of aromatic nitrogens is 5. The average Bonchev–Trinajstić information content (AvgIpc) is 4.07. The van der Waals surface area contributed by atoms with Gasteiger partial charge in [-0.3, -0.25) is 0 Å². The molecule has 0 atom stereocenters. The van der Waals surface area contributed by atoms with Crippen molar-refractivity contribution in [2.75, 3.05) is 0 Å². The fourth-order valence-electron chi connectivity index (χ4n) is 10.9. The number of benzene rings is 11. The highest BCUT2D eigenvalue weighted by Crippen LogP contribution is 2.44. The monoisotopic (exact) mass is 879 g/mol. The zero-order valence-electron chi connectivity index (χ0n) is 37.0. The van der Waals surface area contributed by atoms with Crippen molar-refractivity contribution in [3.63, 3.8) is 0 Å². The summed E-state index contributed by atoms with van der Waals surface area (Å²) in [6.07, 6.45) is 0. The number of furan rings is 1. The summed E-state index contributed by atoms with van der Waals surface area (Å²) in [7, 11) is 0. The SMILES string of the molecule is c1ccc(-n2c3ccccc3c3cc(-c4nc(-c5ccc6ccccc6c5)nc(-c5cc(-n6c7ccccc7c7cc8ccccc8cc76)cc6oc7c8ccccc8ccc7c56)n4)ccc32)cc1. The Kier molecular flexibility index (Phi) is 7.97. The van der Waals surface area contributed by atoms with Gasteiger partial charge in [-0.2, -0.15) is 0 Å². The molecule has 15 rings (SSSR count). The van der Waals surface area contributed by atoms with Crippen molar-refractivity contribution in [1.82, 2.24) is 24.1 Å². The minimum atomic E-state index is 0.559. The van der Waals surface area contributed by atoms with E-state index in [2.05, 4.69) is 234 Å². The minimum absolute atomic E-state index is 0.559. The largest absolute Gasteiger partial charge is 0.455 e. The van der Waals surface area contributed by atoms with E-state index in [0.717, 1.165) is 104 Å². The third kappa shape index (κ3) is 5.76. The number of fused-ring (bicyclic) bond motifs is 13. The fourth-order valence-corrected chi connectivity index (χ4v) is 10.9. The normalized spacial score (nSPS) is 12.1. The molecule has 0 fully saturated rings. The van der Waals surface area contributed by atoms with Gasteiger partial charge in [0, 0.05) is 66.1 Å². The predicted molar refractivity (Wildman–Crippen MR) is 285 cm³/mol. The molecule has 0 saturated heterocycles. The first-order valence-corrected chi connectivity index (χ1v) is 23.3. The standard InChI is InChI=1S/C63H37N5O/c1-2-19-45(20-3-1)67-54-24-12-10-22-48(54)51-34-44(29-31-56(51)67)62-64-61(43-27-26-38-14-4-5-16-40(38)32-43)65-63(66-62)53-36-46(37-58-59(53)50-30-28-39-15-8-9-21-47(39)60(50)69-58)68-55-25-13-11-23-49(55)52-33-41-17-6-7-18-42(41)35-57(52)68/h1-37H. The van der Waals surface area contributed by atoms with Gasteiger partial charge in [-0.15, -0.1) is 0 Å². The molecule has 15 aromatic rings. The summed E-state index contributed by atoms with van der Waals surface area (Å²) in [5.41, 5.74) is 10.8. The molecule has 0 aliphatic rings. The first-order valence-electron chi connectivity index (χ1n) is 23.3. The summed E-state index contributed by atoms with van der Waals surface area (Å²) < 4.78 is 11.8. The molecule has 0 aliphatic carbocycles. The molecule has 11 aromatic carbocycles. The van der Waals surface area contributed by atoms with Crippen LogP contribution in [0.5, 0.6) is 0 Å². The number of para-hydroxylation sites is 3. The van der Waals surface area contributed by atoms with Crippen LogP contribution in [0.2, 0.25) is 0 Å². The molecular formula is C63H37N5O. The van der Waals surface area contributed by atoms with Gasteiger partial charge in [0.1, 0.15) is 11.2 Å². The van der Waals surface area contributed by atoms with Crippen molar-refractivity contribution in [3.05, 3.63) is 224 Å². The highest BCUT2D eigenvalue weighted by atomic mass is 16.3. The van der Waals surface area contributed by atoms with E-state index in [4.69, 9.17) is 19.4 Å². The first-order chi connectivity index (χ1) is 34.2. The van der Waals surface area contributed by atoms with E-state index in [1.54, 1.807) is 0 Å². The van der Waals surface area contributed by atoms with Crippen LogP contribution in [0.25, 0.3) is 143 Å². The Bertz CT molecular complexity index is 4620. The second-order valence-corrected chi connectivity index (χ2v) is 18.0. The topological polar surface area (TPSA) is 61.7 Å². The van der Waals surface area contributed by atoms with Crippen molar-refractivity contribution in [3.8, 4) is 45.5 Å². The molecule has 0 N–H and O–H groups in total. The van der Waals surface area contributed by atoms with Crippen molar-refractivity contribution < 1.29 is 4.42 Å². The van der Waals surface area contributed by atoms with E-state index in [1.807, 2.05) is 0 Å². The average molecular weight is 880 g/mol. The van der Waals surface area contributed by atoms with Crippen LogP contribution in [-0.4, -0.2) is 24.1 Å². The Balaban J connectivity index is 1.04. The maximum absolute atomic E-state index is 7.08. The molecule has 0 aliphatic heterocycles. The second kappa shape index (κ2) is 14.6. The fraction of sp³-hybridized carbons (Fsp3) is 0. The number of rotatable bonds is 5. The first kappa shape index (κ1) is 37.8. The third-order valence-corrected chi connectivity index (χ3v) is 14.1. The number of hydrogen-bond acceptors (Lipinski definition) is 4. The van der Waals surface area contributed by atoms with E-state index >= 15 is 0 Å². The summed E-state index contributed by atoms with van der Waals surface area (Å²) in [5.74, 6) is 1.73. The minimum Gasteiger partial charge on any atom is -0.455 e. The Labute approximate surface area is 394 Å². The van der Waals surface area contributed by atoms with Gasteiger partial charge in [-0.05, 0) is 99.7 Å². The Morgan fingerprint density at radius 2 is 0.841 bits per heavy atom. The van der Waals surface area contributed by atoms with Crippen molar-refractivity contribution in [2.45, 2.75) is 0 Å². The lowest BCUT2D eigenvalue weighted by atomic mass is 10.0. The Hall–Kier alpha value is -9.39. The molecule has 0 unspecified atom stereocenters. The molecule has 0 radical (unpaired) electrons. The van der Waals surface area contributed by atoms with Crippen LogP contribution in [0.15, 0.2) is 229 Å². The smallest absolute Gasteiger partial charge is 0.164 e. The molecule has 4 aromatic heterocycles. The Morgan fingerprint density at radius 3 is 1.59 bits per heavy atom. The molecule has 0 spiro atoms. The maximum atomic E-state index is 7.08. The lowest BCUT2D eigenvalue weighted by Gasteiger charge is -2.13. The van der Waals surface area contributed by atoms with Crippen LogP contribution in [0.3, 0.4) is 0 Å². The maximum Gasteiger partial charge on any atom is 0.164 e. The summed E-state index contributed by atoms with van der Waals surface area (Å²) >= 11 is 0. The molecule has 0 bridgehead atoms. The zero-order valence-corrected chi connectivity index (χ0v) is 37.0. The number of nitrogens with zero attached hydrogens (tertiary/aromatic N) is 5. The van der Waals surface area contributed by atoms with Crippen LogP contribution in [0.1, 0.15) is 0 Å². The van der Waals surface area contributed by atoms with Crippen LogP contribution >= 0.6 is 0 Å². The van der Waals surface area contributed by atoms with Crippen LogP contribution in [0, 0.1) is 0 Å². The summed E-state index contributed by atoms with van der Waals surface area (Å²) in [5, 5.41) is 13.4. The van der Waals surface area contributed by atoms with E-state index in [1.165, 1.54) is 21.5 Å². The second-order valence-electron chi connectivity index (χ2n) is 18.0. The lowest BCUT2D eigenvalue weighted by Crippen LogP contribution is -2.02. The highest BCUT2D eigenvalue weighted by molar-refractivity contribution is 6.20. The third-order valence-electron chi connectivity index (χ3n) is 14.1. The van der Waals surface area contributed by atoms with Gasteiger partial charge < -0.3 is 13.6 Å². The lowest BCUT2D eigenvalue weighted by molar-refractivity contribution is 0.672. The molecule has 6 nitrogen and oxygen atoms in total. The highest BCUT2D eigenvalue weighted by Gasteiger charge is 2.23. The van der Waals surface area contributed by atoms with E-state index < -0.39 is 0 Å². The molecular weight excluding hydrogens is 843 g/mol. The van der Waals surface area contributed by atoms with E-state index in [-0.39, 0.29) is 0 Å². The van der Waals surface area contributed by atoms with Gasteiger partial charge in [0.05, 0.1) is 27.8 Å². The summed E-state index contributed by atoms with van der Waals surface area (Å²) in [6.45, 7) is 0. The molecule has 0 saturated carbocycles. The number of hydrogen-bond donors (Lipinski definition) is 0. The van der Waals surface area contributed by atoms with Crippen molar-refractivity contribution in [1.29, 1.82) is 0 Å². The molecule has 6 heteroatoms.